The molecule has 1 N–H and O–H groups in total. The molecule has 0 unspecified atom stereocenters. The minimum absolute atomic E-state index is 0.878. The minimum atomic E-state index is 0.878. The van der Waals surface area contributed by atoms with Crippen molar-refractivity contribution in [2.75, 3.05) is 11.4 Å². The third-order valence-electron chi connectivity index (χ3n) is 3.25. The van der Waals surface area contributed by atoms with Crippen LogP contribution in [0.4, 0.5) is 5.69 Å². The van der Waals surface area contributed by atoms with E-state index in [1.165, 1.54) is 16.8 Å². The lowest BCUT2D eigenvalue weighted by Gasteiger charge is -2.18. The van der Waals surface area contributed by atoms with Crippen LogP contribution in [0.25, 0.3) is 0 Å². The second-order valence-electron chi connectivity index (χ2n) is 4.28. The minimum Gasteiger partial charge on any atom is -0.363 e. The van der Waals surface area contributed by atoms with Crippen LogP contribution in [0.5, 0.6) is 0 Å². The Morgan fingerprint density at radius 1 is 1.44 bits per heavy atom. The van der Waals surface area contributed by atoms with Crippen LogP contribution >= 0.6 is 0 Å². The van der Waals surface area contributed by atoms with Crippen LogP contribution in [0.3, 0.4) is 0 Å². The van der Waals surface area contributed by atoms with Crippen molar-refractivity contribution in [1.29, 1.82) is 0 Å². The van der Waals surface area contributed by atoms with Crippen molar-refractivity contribution < 1.29 is 0 Å². The molecule has 0 radical (unpaired) electrons. The van der Waals surface area contributed by atoms with Crippen LogP contribution in [-0.4, -0.2) is 16.5 Å². The number of nitrogens with one attached hydrogen (secondary N) is 1. The molecule has 3 rings (SSSR count). The first-order valence-corrected chi connectivity index (χ1v) is 5.66. The molecule has 3 heteroatoms. The van der Waals surface area contributed by atoms with Gasteiger partial charge in [-0.2, -0.15) is 0 Å². The lowest BCUT2D eigenvalue weighted by molar-refractivity contribution is 0.798. The van der Waals surface area contributed by atoms with E-state index in [1.54, 1.807) is 0 Å². The van der Waals surface area contributed by atoms with Gasteiger partial charge in [0.25, 0.3) is 0 Å². The first-order chi connectivity index (χ1) is 7.84. The van der Waals surface area contributed by atoms with Gasteiger partial charge in [0.2, 0.25) is 0 Å². The zero-order valence-electron chi connectivity index (χ0n) is 9.40. The summed E-state index contributed by atoms with van der Waals surface area (Å²) in [6.07, 6.45) is 4.84. The average molecular weight is 213 g/mol. The Kier molecular flexibility index (Phi) is 2.17. The van der Waals surface area contributed by atoms with E-state index in [9.17, 15) is 0 Å². The van der Waals surface area contributed by atoms with Gasteiger partial charge in [0.05, 0.1) is 6.54 Å². The highest BCUT2D eigenvalue weighted by Gasteiger charge is 2.20. The standard InChI is InChI=1S/C13H15N3/c1-10-3-2-4-12-11(10)5-8-16(12)9-13-14-6-7-15-13/h2-4,6-7H,5,8-9H2,1H3,(H,14,15). The molecule has 0 bridgehead atoms. The SMILES string of the molecule is Cc1cccc2c1CCN2Cc1ncc[nH]1. The van der Waals surface area contributed by atoms with Crippen molar-refractivity contribution in [2.24, 2.45) is 0 Å². The van der Waals surface area contributed by atoms with Gasteiger partial charge in [-0.15, -0.1) is 0 Å². The van der Waals surface area contributed by atoms with Gasteiger partial charge in [0, 0.05) is 24.6 Å². The fourth-order valence-electron chi connectivity index (χ4n) is 2.40. The maximum Gasteiger partial charge on any atom is 0.125 e. The number of benzene rings is 1. The summed E-state index contributed by atoms with van der Waals surface area (Å²) in [6, 6.07) is 6.53. The monoisotopic (exact) mass is 213 g/mol. The average Bonchev–Trinajstić information content (AvgIpc) is 2.90. The quantitative estimate of drug-likeness (QED) is 0.830. The summed E-state index contributed by atoms with van der Waals surface area (Å²) in [5.41, 5.74) is 4.27. The van der Waals surface area contributed by atoms with Crippen molar-refractivity contribution in [2.45, 2.75) is 19.9 Å². The molecule has 2 heterocycles. The number of aryl methyl sites for hydroxylation is 1. The number of fused-ring (bicyclic) bond motifs is 1. The van der Waals surface area contributed by atoms with Crippen LogP contribution in [-0.2, 0) is 13.0 Å². The van der Waals surface area contributed by atoms with Crippen molar-refractivity contribution in [3.05, 3.63) is 47.5 Å². The molecule has 3 nitrogen and oxygen atoms in total. The molecule has 1 aromatic heterocycles. The highest BCUT2D eigenvalue weighted by atomic mass is 15.2. The normalized spacial score (nSPS) is 14.2. The van der Waals surface area contributed by atoms with E-state index >= 15 is 0 Å². The Bertz CT molecular complexity index is 488. The molecule has 0 amide bonds. The maximum atomic E-state index is 4.28. The van der Waals surface area contributed by atoms with E-state index in [4.69, 9.17) is 0 Å². The summed E-state index contributed by atoms with van der Waals surface area (Å²) in [4.78, 5) is 9.82. The number of anilines is 1. The van der Waals surface area contributed by atoms with Crippen LogP contribution in [0.15, 0.2) is 30.6 Å². The molecule has 82 valence electrons. The molecule has 0 spiro atoms. The molecule has 1 aliphatic rings. The van der Waals surface area contributed by atoms with E-state index < -0.39 is 0 Å². The summed E-state index contributed by atoms with van der Waals surface area (Å²) in [7, 11) is 0. The zero-order chi connectivity index (χ0) is 11.0. The van der Waals surface area contributed by atoms with Crippen LogP contribution < -0.4 is 4.90 Å². The fraction of sp³-hybridized carbons (Fsp3) is 0.308. The molecular formula is C13H15N3. The van der Waals surface area contributed by atoms with Crippen molar-refractivity contribution in [1.82, 2.24) is 9.97 Å². The lowest BCUT2D eigenvalue weighted by atomic mass is 10.1. The van der Waals surface area contributed by atoms with E-state index in [1.807, 2.05) is 12.4 Å². The van der Waals surface area contributed by atoms with Crippen LogP contribution in [0.2, 0.25) is 0 Å². The fourth-order valence-corrected chi connectivity index (χ4v) is 2.40. The number of rotatable bonds is 2. The summed E-state index contributed by atoms with van der Waals surface area (Å²) in [5, 5.41) is 0. The molecule has 2 aromatic rings. The zero-order valence-corrected chi connectivity index (χ0v) is 9.40. The third kappa shape index (κ3) is 1.48. The molecule has 0 aliphatic carbocycles. The molecule has 0 saturated carbocycles. The lowest BCUT2D eigenvalue weighted by Crippen LogP contribution is -2.20. The van der Waals surface area contributed by atoms with Crippen LogP contribution in [0, 0.1) is 6.92 Å². The number of imidazole rings is 1. The maximum absolute atomic E-state index is 4.28. The Balaban J connectivity index is 1.89. The van der Waals surface area contributed by atoms with Gasteiger partial charge < -0.3 is 9.88 Å². The molecular weight excluding hydrogens is 198 g/mol. The van der Waals surface area contributed by atoms with Gasteiger partial charge in [-0.25, -0.2) is 4.98 Å². The van der Waals surface area contributed by atoms with Crippen molar-refractivity contribution in [3.8, 4) is 0 Å². The Morgan fingerprint density at radius 2 is 2.38 bits per heavy atom. The summed E-state index contributed by atoms with van der Waals surface area (Å²) in [6.45, 7) is 4.17. The van der Waals surface area contributed by atoms with Gasteiger partial charge in [0.15, 0.2) is 0 Å². The Hall–Kier alpha value is -1.77. The summed E-state index contributed by atoms with van der Waals surface area (Å²) >= 11 is 0. The Labute approximate surface area is 95.1 Å². The molecule has 0 fully saturated rings. The topological polar surface area (TPSA) is 31.9 Å². The highest BCUT2D eigenvalue weighted by Crippen LogP contribution is 2.30. The second-order valence-corrected chi connectivity index (χ2v) is 4.28. The van der Waals surface area contributed by atoms with E-state index in [-0.39, 0.29) is 0 Å². The first-order valence-electron chi connectivity index (χ1n) is 5.66. The largest absolute Gasteiger partial charge is 0.363 e. The van der Waals surface area contributed by atoms with Gasteiger partial charge in [-0.05, 0) is 30.5 Å². The van der Waals surface area contributed by atoms with Gasteiger partial charge >= 0.3 is 0 Å². The predicted molar refractivity (Wildman–Crippen MR) is 64.5 cm³/mol. The van der Waals surface area contributed by atoms with E-state index in [0.29, 0.717) is 0 Å². The van der Waals surface area contributed by atoms with Crippen LogP contribution in [0.1, 0.15) is 17.0 Å². The molecule has 16 heavy (non-hydrogen) atoms. The summed E-state index contributed by atoms with van der Waals surface area (Å²) < 4.78 is 0. The van der Waals surface area contributed by atoms with E-state index in [2.05, 4.69) is 40.0 Å². The van der Waals surface area contributed by atoms with E-state index in [0.717, 1.165) is 25.3 Å². The second kappa shape index (κ2) is 3.67. The number of nitrogens with zero attached hydrogens (tertiary/aromatic N) is 2. The number of aromatic nitrogens is 2. The number of hydrogen-bond acceptors (Lipinski definition) is 2. The van der Waals surface area contributed by atoms with Crippen molar-refractivity contribution in [3.63, 3.8) is 0 Å². The predicted octanol–water partition coefficient (Wildman–Crippen LogP) is 2.28. The number of aromatic amines is 1. The molecule has 0 atom stereocenters. The summed E-state index contributed by atoms with van der Waals surface area (Å²) in [5.74, 6) is 1.04. The smallest absolute Gasteiger partial charge is 0.125 e. The van der Waals surface area contributed by atoms with Gasteiger partial charge in [-0.1, -0.05) is 12.1 Å². The Morgan fingerprint density at radius 3 is 3.19 bits per heavy atom. The van der Waals surface area contributed by atoms with Gasteiger partial charge in [-0.3, -0.25) is 0 Å². The first kappa shape index (κ1) is 9.46. The highest BCUT2D eigenvalue weighted by molar-refractivity contribution is 5.60. The van der Waals surface area contributed by atoms with Crippen molar-refractivity contribution >= 4 is 5.69 Å². The molecule has 1 aromatic carbocycles. The molecule has 0 saturated heterocycles. The molecule has 1 aliphatic heterocycles. The third-order valence-corrected chi connectivity index (χ3v) is 3.25. The van der Waals surface area contributed by atoms with Gasteiger partial charge in [0.1, 0.15) is 5.82 Å². The number of hydrogen-bond donors (Lipinski definition) is 1. The number of H-pyrrole nitrogens is 1.